The molecule has 19 heavy (non-hydrogen) atoms. The number of hydrogen-bond acceptors (Lipinski definition) is 3. The summed E-state index contributed by atoms with van der Waals surface area (Å²) in [6.07, 6.45) is 2.80. The Labute approximate surface area is 119 Å². The van der Waals surface area contributed by atoms with Crippen LogP contribution >= 0.6 is 11.6 Å². The van der Waals surface area contributed by atoms with Crippen LogP contribution < -0.4 is 0 Å². The number of rotatable bonds is 6. The van der Waals surface area contributed by atoms with Crippen molar-refractivity contribution in [1.82, 2.24) is 9.78 Å². The Kier molecular flexibility index (Phi) is 5.18. The molecule has 106 valence electrons. The van der Waals surface area contributed by atoms with Gasteiger partial charge in [-0.2, -0.15) is 5.10 Å². The van der Waals surface area contributed by atoms with Gasteiger partial charge in [-0.15, -0.1) is 6.58 Å². The molecule has 1 aromatic heterocycles. The van der Waals surface area contributed by atoms with Crippen molar-refractivity contribution < 1.29 is 9.53 Å². The zero-order chi connectivity index (χ0) is 14.6. The van der Waals surface area contributed by atoms with E-state index < -0.39 is 5.41 Å². The van der Waals surface area contributed by atoms with Gasteiger partial charge in [-0.3, -0.25) is 9.48 Å². The lowest BCUT2D eigenvalue weighted by Gasteiger charge is -2.23. The summed E-state index contributed by atoms with van der Waals surface area (Å²) in [4.78, 5) is 12.0. The molecule has 1 atom stereocenters. The van der Waals surface area contributed by atoms with Crippen molar-refractivity contribution in [3.8, 4) is 0 Å². The van der Waals surface area contributed by atoms with E-state index in [1.807, 2.05) is 14.0 Å². The fraction of sp³-hybridized carbons (Fsp3) is 0.571. The first-order chi connectivity index (χ1) is 8.89. The monoisotopic (exact) mass is 284 g/mol. The van der Waals surface area contributed by atoms with E-state index in [0.29, 0.717) is 18.1 Å². The first-order valence-electron chi connectivity index (χ1n) is 6.40. The summed E-state index contributed by atoms with van der Waals surface area (Å²) >= 11 is 6.30. The highest BCUT2D eigenvalue weighted by Gasteiger charge is 2.34. The number of esters is 1. The average Bonchev–Trinajstić information content (AvgIpc) is 2.66. The van der Waals surface area contributed by atoms with Crippen LogP contribution in [0, 0.1) is 5.41 Å². The van der Waals surface area contributed by atoms with Gasteiger partial charge in [0.05, 0.1) is 28.4 Å². The molecular weight excluding hydrogens is 264 g/mol. The summed E-state index contributed by atoms with van der Waals surface area (Å²) in [5.41, 5.74) is 0.877. The van der Waals surface area contributed by atoms with Gasteiger partial charge in [-0.1, -0.05) is 24.6 Å². The van der Waals surface area contributed by atoms with E-state index in [2.05, 4.69) is 11.7 Å². The molecule has 0 saturated carbocycles. The predicted octanol–water partition coefficient (Wildman–Crippen LogP) is 2.93. The molecule has 0 aromatic carbocycles. The Balaban J connectivity index is 3.08. The summed E-state index contributed by atoms with van der Waals surface area (Å²) in [7, 11) is 1.83. The molecule has 1 aromatic rings. The van der Waals surface area contributed by atoms with E-state index in [1.165, 1.54) is 0 Å². The second-order valence-corrected chi connectivity index (χ2v) is 5.08. The molecule has 0 bridgehead atoms. The normalized spacial score (nSPS) is 13.9. The lowest BCUT2D eigenvalue weighted by molar-refractivity contribution is -0.151. The Bertz CT molecular complexity index is 482. The summed E-state index contributed by atoms with van der Waals surface area (Å²) in [6, 6.07) is 0. The molecule has 0 aliphatic rings. The Morgan fingerprint density at radius 3 is 2.63 bits per heavy atom. The lowest BCUT2D eigenvalue weighted by Crippen LogP contribution is -2.31. The van der Waals surface area contributed by atoms with Crippen LogP contribution in [0.1, 0.15) is 32.2 Å². The van der Waals surface area contributed by atoms with Crippen LogP contribution in [0.2, 0.25) is 5.02 Å². The first-order valence-corrected chi connectivity index (χ1v) is 6.78. The van der Waals surface area contributed by atoms with Crippen molar-refractivity contribution in [3.63, 3.8) is 0 Å². The van der Waals surface area contributed by atoms with Gasteiger partial charge in [0, 0.05) is 13.5 Å². The Hall–Kier alpha value is -1.29. The van der Waals surface area contributed by atoms with Crippen LogP contribution in [-0.4, -0.2) is 22.4 Å². The highest BCUT2D eigenvalue weighted by Crippen LogP contribution is 2.30. The van der Waals surface area contributed by atoms with Gasteiger partial charge in [0.15, 0.2) is 0 Å². The van der Waals surface area contributed by atoms with Gasteiger partial charge >= 0.3 is 5.97 Å². The molecule has 0 N–H and O–H groups in total. The smallest absolute Gasteiger partial charge is 0.316 e. The van der Waals surface area contributed by atoms with Crippen LogP contribution in [0.3, 0.4) is 0 Å². The number of nitrogens with zero attached hydrogens (tertiary/aromatic N) is 2. The number of carbonyl (C=O) groups is 1. The van der Waals surface area contributed by atoms with Crippen LogP contribution in [0.15, 0.2) is 12.7 Å². The predicted molar refractivity (Wildman–Crippen MR) is 76.2 cm³/mol. The summed E-state index contributed by atoms with van der Waals surface area (Å²) < 4.78 is 6.82. The molecule has 0 saturated heterocycles. The molecule has 0 fully saturated rings. The lowest BCUT2D eigenvalue weighted by atomic mass is 9.85. The second kappa shape index (κ2) is 6.24. The number of hydrogen-bond donors (Lipinski definition) is 0. The minimum atomic E-state index is -0.793. The summed E-state index contributed by atoms with van der Waals surface area (Å²) in [6.45, 7) is 9.67. The van der Waals surface area contributed by atoms with E-state index in [9.17, 15) is 4.79 Å². The molecule has 0 spiro atoms. The van der Waals surface area contributed by atoms with Crippen LogP contribution in [0.25, 0.3) is 0 Å². The SMILES string of the molecule is C=CC(C)(Cc1c(Cl)c(CC)nn1C)C(=O)OCC. The molecule has 1 heterocycles. The van der Waals surface area contributed by atoms with Gasteiger partial charge in [0.25, 0.3) is 0 Å². The highest BCUT2D eigenvalue weighted by atomic mass is 35.5. The quantitative estimate of drug-likeness (QED) is 0.596. The van der Waals surface area contributed by atoms with E-state index in [-0.39, 0.29) is 5.97 Å². The number of carbonyl (C=O) groups excluding carboxylic acids is 1. The van der Waals surface area contributed by atoms with Crippen LogP contribution in [-0.2, 0) is 29.4 Å². The van der Waals surface area contributed by atoms with Crippen molar-refractivity contribution in [2.24, 2.45) is 12.5 Å². The van der Waals surface area contributed by atoms with Crippen LogP contribution in [0.4, 0.5) is 0 Å². The molecule has 0 amide bonds. The van der Waals surface area contributed by atoms with Crippen molar-refractivity contribution in [2.45, 2.75) is 33.6 Å². The fourth-order valence-electron chi connectivity index (χ4n) is 1.88. The largest absolute Gasteiger partial charge is 0.465 e. The zero-order valence-corrected chi connectivity index (χ0v) is 12.8. The minimum absolute atomic E-state index is 0.291. The summed E-state index contributed by atoms with van der Waals surface area (Å²) in [5, 5.41) is 4.98. The van der Waals surface area contributed by atoms with Crippen molar-refractivity contribution in [1.29, 1.82) is 0 Å². The number of aromatic nitrogens is 2. The molecule has 5 heteroatoms. The molecular formula is C14H21ClN2O2. The third-order valence-corrected chi connectivity index (χ3v) is 3.67. The third-order valence-electron chi connectivity index (χ3n) is 3.23. The number of halogens is 1. The van der Waals surface area contributed by atoms with Gasteiger partial charge in [-0.25, -0.2) is 0 Å². The summed E-state index contributed by atoms with van der Waals surface area (Å²) in [5.74, 6) is -0.291. The van der Waals surface area contributed by atoms with E-state index in [0.717, 1.165) is 17.8 Å². The van der Waals surface area contributed by atoms with Crippen LogP contribution in [0.5, 0.6) is 0 Å². The molecule has 0 radical (unpaired) electrons. The number of ether oxygens (including phenoxy) is 1. The molecule has 1 rings (SSSR count). The van der Waals surface area contributed by atoms with Gasteiger partial charge in [-0.05, 0) is 20.3 Å². The van der Waals surface area contributed by atoms with E-state index >= 15 is 0 Å². The zero-order valence-electron chi connectivity index (χ0n) is 12.0. The van der Waals surface area contributed by atoms with Crippen molar-refractivity contribution >= 4 is 17.6 Å². The van der Waals surface area contributed by atoms with E-state index in [4.69, 9.17) is 16.3 Å². The maximum absolute atomic E-state index is 12.0. The molecule has 0 aliphatic heterocycles. The Morgan fingerprint density at radius 1 is 1.58 bits per heavy atom. The topological polar surface area (TPSA) is 44.1 Å². The minimum Gasteiger partial charge on any atom is -0.465 e. The Morgan fingerprint density at radius 2 is 2.21 bits per heavy atom. The number of aryl methyl sites for hydroxylation is 2. The molecule has 4 nitrogen and oxygen atoms in total. The van der Waals surface area contributed by atoms with Gasteiger partial charge in [0.1, 0.15) is 0 Å². The average molecular weight is 285 g/mol. The second-order valence-electron chi connectivity index (χ2n) is 4.70. The first kappa shape index (κ1) is 15.8. The maximum Gasteiger partial charge on any atom is 0.316 e. The van der Waals surface area contributed by atoms with Crippen molar-refractivity contribution in [2.75, 3.05) is 6.61 Å². The van der Waals surface area contributed by atoms with E-state index in [1.54, 1.807) is 24.6 Å². The fourth-order valence-corrected chi connectivity index (χ4v) is 2.24. The van der Waals surface area contributed by atoms with Gasteiger partial charge < -0.3 is 4.74 Å². The molecule has 0 aliphatic carbocycles. The van der Waals surface area contributed by atoms with Crippen molar-refractivity contribution in [3.05, 3.63) is 29.1 Å². The highest BCUT2D eigenvalue weighted by molar-refractivity contribution is 6.31. The standard InChI is InChI=1S/C14H21ClN2O2/c1-6-10-12(15)11(17(5)16-10)9-14(4,7-2)13(18)19-8-3/h7H,2,6,8-9H2,1,3-5H3. The molecule has 1 unspecified atom stereocenters. The third kappa shape index (κ3) is 3.18. The maximum atomic E-state index is 12.0. The van der Waals surface area contributed by atoms with Gasteiger partial charge in [0.2, 0.25) is 0 Å².